The number of alkyl halides is 1. The molecule has 0 aromatic carbocycles. The Morgan fingerprint density at radius 2 is 2.10 bits per heavy atom. The van der Waals surface area contributed by atoms with E-state index >= 15 is 0 Å². The molecule has 0 fully saturated rings. The molecule has 0 aromatic rings. The highest BCUT2D eigenvalue weighted by molar-refractivity contribution is 6.56. The van der Waals surface area contributed by atoms with Crippen molar-refractivity contribution in [1.82, 2.24) is 4.90 Å². The van der Waals surface area contributed by atoms with Crippen LogP contribution in [0.25, 0.3) is 0 Å². The summed E-state index contributed by atoms with van der Waals surface area (Å²) in [5, 5.41) is 0.271. The Bertz CT molecular complexity index is 93.6. The van der Waals surface area contributed by atoms with Crippen LogP contribution >= 0.6 is 11.6 Å². The van der Waals surface area contributed by atoms with Crippen molar-refractivity contribution in [3.05, 3.63) is 12.3 Å². The van der Waals surface area contributed by atoms with Crippen LogP contribution in [0.5, 0.6) is 0 Å². The monoisotopic (exact) mass is 177 g/mol. The third-order valence-electron chi connectivity index (χ3n) is 1.57. The highest BCUT2D eigenvalue weighted by Crippen LogP contribution is 2.01. The standard InChI is InChI=1S/C7H16ClNSi/c1-4-9(5-2)7(8)10-6-3/h6-7H,3-5,10H2,1-2H3. The molecule has 0 aliphatic rings. The van der Waals surface area contributed by atoms with E-state index in [2.05, 4.69) is 25.3 Å². The maximum absolute atomic E-state index is 6.06. The lowest BCUT2D eigenvalue weighted by atomic mass is 10.6. The van der Waals surface area contributed by atoms with Crippen LogP contribution in [-0.2, 0) is 0 Å². The average molecular weight is 178 g/mol. The van der Waals surface area contributed by atoms with Crippen molar-refractivity contribution in [2.45, 2.75) is 19.0 Å². The molecule has 0 N–H and O–H groups in total. The van der Waals surface area contributed by atoms with Gasteiger partial charge in [0.05, 0.1) is 14.6 Å². The number of halogens is 1. The Kier molecular flexibility index (Phi) is 6.08. The second-order valence-electron chi connectivity index (χ2n) is 2.18. The molecule has 0 saturated heterocycles. The SMILES string of the molecule is C=C[SiH2]C(Cl)N(CC)CC. The molecule has 0 spiro atoms. The normalized spacial score (nSPS) is 14.8. The first kappa shape index (κ1) is 10.2. The zero-order valence-corrected chi connectivity index (χ0v) is 8.98. The minimum Gasteiger partial charge on any atom is -0.291 e. The molecule has 0 aliphatic heterocycles. The van der Waals surface area contributed by atoms with E-state index in [4.69, 9.17) is 11.6 Å². The van der Waals surface area contributed by atoms with Crippen molar-refractivity contribution >= 4 is 21.1 Å². The Labute approximate surface area is 70.9 Å². The predicted octanol–water partition coefficient (Wildman–Crippen LogP) is 1.16. The molecule has 0 saturated carbocycles. The zero-order valence-electron chi connectivity index (χ0n) is 6.81. The van der Waals surface area contributed by atoms with Gasteiger partial charge in [0.15, 0.2) is 0 Å². The van der Waals surface area contributed by atoms with E-state index < -0.39 is 0 Å². The van der Waals surface area contributed by atoms with Crippen LogP contribution in [0.4, 0.5) is 0 Å². The van der Waals surface area contributed by atoms with Crippen LogP contribution in [0.3, 0.4) is 0 Å². The van der Waals surface area contributed by atoms with Gasteiger partial charge in [0.1, 0.15) is 0 Å². The lowest BCUT2D eigenvalue weighted by Gasteiger charge is -2.22. The van der Waals surface area contributed by atoms with Crippen molar-refractivity contribution in [2.24, 2.45) is 0 Å². The van der Waals surface area contributed by atoms with Gasteiger partial charge in [-0.15, -0.1) is 23.9 Å². The minimum atomic E-state index is -0.268. The Hall–Kier alpha value is 0.207. The van der Waals surface area contributed by atoms with E-state index in [9.17, 15) is 0 Å². The fourth-order valence-corrected chi connectivity index (χ4v) is 2.65. The molecular formula is C7H16ClNSi. The predicted molar refractivity (Wildman–Crippen MR) is 51.3 cm³/mol. The van der Waals surface area contributed by atoms with Gasteiger partial charge in [0.2, 0.25) is 0 Å². The molecule has 0 radical (unpaired) electrons. The van der Waals surface area contributed by atoms with Crippen LogP contribution in [0.15, 0.2) is 12.3 Å². The van der Waals surface area contributed by atoms with Gasteiger partial charge in [-0.3, -0.25) is 4.90 Å². The van der Waals surface area contributed by atoms with Gasteiger partial charge < -0.3 is 0 Å². The van der Waals surface area contributed by atoms with Crippen LogP contribution in [0.1, 0.15) is 13.8 Å². The maximum atomic E-state index is 6.06. The second-order valence-corrected chi connectivity index (χ2v) is 5.02. The fraction of sp³-hybridized carbons (Fsp3) is 0.714. The largest absolute Gasteiger partial charge is 0.291 e. The molecule has 10 heavy (non-hydrogen) atoms. The van der Waals surface area contributed by atoms with Crippen molar-refractivity contribution in [1.29, 1.82) is 0 Å². The third kappa shape index (κ3) is 3.39. The molecule has 0 rings (SSSR count). The molecule has 1 unspecified atom stereocenters. The Morgan fingerprint density at radius 3 is 2.40 bits per heavy atom. The summed E-state index contributed by atoms with van der Waals surface area (Å²) < 4.78 is 0. The molecule has 60 valence electrons. The van der Waals surface area contributed by atoms with E-state index in [0.29, 0.717) is 0 Å². The minimum absolute atomic E-state index is 0.268. The summed E-state index contributed by atoms with van der Waals surface area (Å²) in [6, 6.07) is 0. The van der Waals surface area contributed by atoms with Crippen LogP contribution in [0.2, 0.25) is 0 Å². The highest BCUT2D eigenvalue weighted by Gasteiger charge is 2.09. The first-order valence-electron chi connectivity index (χ1n) is 3.75. The molecule has 0 aliphatic carbocycles. The van der Waals surface area contributed by atoms with E-state index in [1.165, 1.54) is 0 Å². The number of nitrogens with zero attached hydrogens (tertiary/aromatic N) is 1. The molecule has 1 nitrogen and oxygen atoms in total. The lowest BCUT2D eigenvalue weighted by molar-refractivity contribution is 0.329. The quantitative estimate of drug-likeness (QED) is 0.346. The molecule has 0 heterocycles. The van der Waals surface area contributed by atoms with Crippen LogP contribution in [-0.4, -0.2) is 32.6 Å². The van der Waals surface area contributed by atoms with Gasteiger partial charge in [-0.05, 0) is 13.1 Å². The smallest absolute Gasteiger partial charge is 0.0831 e. The average Bonchev–Trinajstić information content (AvgIpc) is 1.91. The van der Waals surface area contributed by atoms with Crippen molar-refractivity contribution in [2.75, 3.05) is 13.1 Å². The van der Waals surface area contributed by atoms with Crippen molar-refractivity contribution in [3.8, 4) is 0 Å². The molecule has 0 aromatic heterocycles. The van der Waals surface area contributed by atoms with Gasteiger partial charge in [0, 0.05) is 0 Å². The maximum Gasteiger partial charge on any atom is 0.0831 e. The molecule has 0 amide bonds. The van der Waals surface area contributed by atoms with Crippen molar-refractivity contribution < 1.29 is 0 Å². The Morgan fingerprint density at radius 1 is 1.60 bits per heavy atom. The topological polar surface area (TPSA) is 3.24 Å². The number of hydrogen-bond donors (Lipinski definition) is 0. The van der Waals surface area contributed by atoms with E-state index in [1.54, 1.807) is 0 Å². The number of rotatable bonds is 5. The lowest BCUT2D eigenvalue weighted by Crippen LogP contribution is -2.34. The summed E-state index contributed by atoms with van der Waals surface area (Å²) in [6.07, 6.45) is 0. The van der Waals surface area contributed by atoms with E-state index in [-0.39, 0.29) is 14.6 Å². The summed E-state index contributed by atoms with van der Waals surface area (Å²) in [4.78, 5) is 2.26. The summed E-state index contributed by atoms with van der Waals surface area (Å²) in [5.74, 6) is 0. The second kappa shape index (κ2) is 5.95. The fourth-order valence-electron chi connectivity index (χ4n) is 0.906. The summed E-state index contributed by atoms with van der Waals surface area (Å²) >= 11 is 6.06. The molecule has 3 heteroatoms. The van der Waals surface area contributed by atoms with Crippen molar-refractivity contribution in [3.63, 3.8) is 0 Å². The summed E-state index contributed by atoms with van der Waals surface area (Å²) in [6.45, 7) is 10.1. The van der Waals surface area contributed by atoms with Gasteiger partial charge in [0.25, 0.3) is 0 Å². The van der Waals surface area contributed by atoms with Gasteiger partial charge in [-0.2, -0.15) is 0 Å². The number of hydrogen-bond acceptors (Lipinski definition) is 1. The van der Waals surface area contributed by atoms with Gasteiger partial charge in [-0.1, -0.05) is 13.8 Å². The molecule has 0 bridgehead atoms. The Balaban J connectivity index is 3.63. The van der Waals surface area contributed by atoms with Gasteiger partial charge >= 0.3 is 0 Å². The first-order chi connectivity index (χ1) is 4.76. The first-order valence-corrected chi connectivity index (χ1v) is 5.82. The molecular weight excluding hydrogens is 162 g/mol. The summed E-state index contributed by atoms with van der Waals surface area (Å²) in [5.41, 5.74) is 2.00. The zero-order chi connectivity index (χ0) is 7.98. The van der Waals surface area contributed by atoms with Crippen LogP contribution in [0, 0.1) is 0 Å². The summed E-state index contributed by atoms with van der Waals surface area (Å²) in [7, 11) is -0.268. The third-order valence-corrected chi connectivity index (χ3v) is 3.62. The van der Waals surface area contributed by atoms with Crippen LogP contribution < -0.4 is 0 Å². The highest BCUT2D eigenvalue weighted by atomic mass is 35.5. The van der Waals surface area contributed by atoms with E-state index in [0.717, 1.165) is 13.1 Å². The van der Waals surface area contributed by atoms with E-state index in [1.807, 2.05) is 5.70 Å². The van der Waals surface area contributed by atoms with Gasteiger partial charge in [-0.25, -0.2) is 0 Å². The molecule has 1 atom stereocenters.